The van der Waals surface area contributed by atoms with Gasteiger partial charge in [-0.15, -0.1) is 24.0 Å². The third-order valence-electron chi connectivity index (χ3n) is 4.44. The molecular weight excluding hydrogens is 425 g/mol. The topological polar surface area (TPSA) is 36.9 Å². The van der Waals surface area contributed by atoms with Gasteiger partial charge in [-0.25, -0.2) is 0 Å². The standard InChI is InChI=1S/C20H25N3O.HI/c1-21-20(23-15-13-17-7-3-4-8-19(17)23)22-14-5-6-16-9-11-18(24-2)12-10-16;/h3-4,7-12H,5-6,13-15H2,1-2H3,(H,21,22);1H. The number of rotatable bonds is 5. The first-order chi connectivity index (χ1) is 11.8. The van der Waals surface area contributed by atoms with Crippen LogP contribution in [0, 0.1) is 0 Å². The number of guanidine groups is 1. The average molecular weight is 451 g/mol. The minimum Gasteiger partial charge on any atom is -0.497 e. The van der Waals surface area contributed by atoms with Crippen LogP contribution >= 0.6 is 24.0 Å². The van der Waals surface area contributed by atoms with Gasteiger partial charge in [0.1, 0.15) is 5.75 Å². The highest BCUT2D eigenvalue weighted by Gasteiger charge is 2.21. The molecule has 134 valence electrons. The van der Waals surface area contributed by atoms with Crippen LogP contribution in [-0.4, -0.2) is 33.2 Å². The van der Waals surface area contributed by atoms with E-state index in [0.29, 0.717) is 0 Å². The fraction of sp³-hybridized carbons (Fsp3) is 0.350. The first-order valence-corrected chi connectivity index (χ1v) is 8.51. The van der Waals surface area contributed by atoms with E-state index in [4.69, 9.17) is 4.74 Å². The predicted molar refractivity (Wildman–Crippen MR) is 116 cm³/mol. The van der Waals surface area contributed by atoms with Crippen LogP contribution in [0.3, 0.4) is 0 Å². The molecule has 0 atom stereocenters. The molecule has 1 aliphatic rings. The van der Waals surface area contributed by atoms with E-state index >= 15 is 0 Å². The molecule has 0 aliphatic carbocycles. The van der Waals surface area contributed by atoms with Crippen LogP contribution in [0.1, 0.15) is 17.5 Å². The number of hydrogen-bond acceptors (Lipinski definition) is 2. The van der Waals surface area contributed by atoms with Gasteiger partial charge in [0.2, 0.25) is 0 Å². The Morgan fingerprint density at radius 2 is 1.92 bits per heavy atom. The highest BCUT2D eigenvalue weighted by molar-refractivity contribution is 14.0. The van der Waals surface area contributed by atoms with Crippen molar-refractivity contribution in [3.05, 3.63) is 59.7 Å². The van der Waals surface area contributed by atoms with Crippen molar-refractivity contribution < 1.29 is 4.74 Å². The molecule has 4 nitrogen and oxygen atoms in total. The number of methoxy groups -OCH3 is 1. The second-order valence-corrected chi connectivity index (χ2v) is 5.96. The fourth-order valence-electron chi connectivity index (χ4n) is 3.14. The van der Waals surface area contributed by atoms with Gasteiger partial charge >= 0.3 is 0 Å². The number of fused-ring (bicyclic) bond motifs is 1. The smallest absolute Gasteiger partial charge is 0.198 e. The normalized spacial score (nSPS) is 13.2. The number of anilines is 1. The largest absolute Gasteiger partial charge is 0.497 e. The predicted octanol–water partition coefficient (Wildman–Crippen LogP) is 3.88. The Hall–Kier alpha value is -1.76. The van der Waals surface area contributed by atoms with Gasteiger partial charge in [-0.05, 0) is 48.6 Å². The van der Waals surface area contributed by atoms with Crippen molar-refractivity contribution in [2.24, 2.45) is 4.99 Å². The zero-order chi connectivity index (χ0) is 16.8. The van der Waals surface area contributed by atoms with Gasteiger partial charge in [-0.3, -0.25) is 4.99 Å². The lowest BCUT2D eigenvalue weighted by Crippen LogP contribution is -2.41. The molecule has 0 saturated carbocycles. The van der Waals surface area contributed by atoms with E-state index < -0.39 is 0 Å². The number of ether oxygens (including phenoxy) is 1. The number of nitrogens with one attached hydrogen (secondary N) is 1. The lowest BCUT2D eigenvalue weighted by Gasteiger charge is -2.22. The Kier molecular flexibility index (Phi) is 7.55. The molecule has 0 aromatic heterocycles. The Balaban J connectivity index is 0.00000225. The molecule has 1 N–H and O–H groups in total. The van der Waals surface area contributed by atoms with Crippen LogP contribution in [-0.2, 0) is 12.8 Å². The summed E-state index contributed by atoms with van der Waals surface area (Å²) in [6, 6.07) is 16.9. The summed E-state index contributed by atoms with van der Waals surface area (Å²) in [4.78, 5) is 6.73. The molecule has 2 aromatic rings. The summed E-state index contributed by atoms with van der Waals surface area (Å²) in [6.07, 6.45) is 3.20. The second-order valence-electron chi connectivity index (χ2n) is 5.96. The van der Waals surface area contributed by atoms with E-state index in [0.717, 1.165) is 44.1 Å². The van der Waals surface area contributed by atoms with Gasteiger partial charge in [0.15, 0.2) is 5.96 Å². The minimum atomic E-state index is 0. The van der Waals surface area contributed by atoms with Crippen LogP contribution in [0.2, 0.25) is 0 Å². The monoisotopic (exact) mass is 451 g/mol. The van der Waals surface area contributed by atoms with E-state index in [1.807, 2.05) is 19.2 Å². The SMILES string of the molecule is CN=C(NCCCc1ccc(OC)cc1)N1CCc2ccccc21.I. The number of halogens is 1. The summed E-state index contributed by atoms with van der Waals surface area (Å²) in [5.74, 6) is 1.87. The molecule has 3 rings (SSSR count). The zero-order valence-electron chi connectivity index (χ0n) is 14.9. The molecule has 1 heterocycles. The van der Waals surface area contributed by atoms with Crippen LogP contribution in [0.4, 0.5) is 5.69 Å². The molecule has 5 heteroatoms. The van der Waals surface area contributed by atoms with Crippen molar-refractivity contribution in [2.75, 3.05) is 32.1 Å². The van der Waals surface area contributed by atoms with E-state index in [2.05, 4.69) is 51.6 Å². The van der Waals surface area contributed by atoms with Gasteiger partial charge in [0.25, 0.3) is 0 Å². The van der Waals surface area contributed by atoms with Gasteiger partial charge in [0.05, 0.1) is 7.11 Å². The maximum Gasteiger partial charge on any atom is 0.198 e. The van der Waals surface area contributed by atoms with Crippen molar-refractivity contribution in [3.8, 4) is 5.75 Å². The number of nitrogens with zero attached hydrogens (tertiary/aromatic N) is 2. The molecule has 0 unspecified atom stereocenters. The summed E-state index contributed by atoms with van der Waals surface area (Å²) >= 11 is 0. The average Bonchev–Trinajstić information content (AvgIpc) is 3.06. The van der Waals surface area contributed by atoms with Crippen molar-refractivity contribution in [2.45, 2.75) is 19.3 Å². The molecular formula is C20H26IN3O. The lowest BCUT2D eigenvalue weighted by molar-refractivity contribution is 0.414. The molecule has 1 aliphatic heterocycles. The van der Waals surface area contributed by atoms with Crippen LogP contribution in [0.5, 0.6) is 5.75 Å². The van der Waals surface area contributed by atoms with Crippen molar-refractivity contribution in [1.29, 1.82) is 0 Å². The number of hydrogen-bond donors (Lipinski definition) is 1. The number of aliphatic imine (C=N–C) groups is 1. The highest BCUT2D eigenvalue weighted by Crippen LogP contribution is 2.27. The third-order valence-corrected chi connectivity index (χ3v) is 4.44. The van der Waals surface area contributed by atoms with Crippen LogP contribution in [0.15, 0.2) is 53.5 Å². The molecule has 2 aromatic carbocycles. The molecule has 0 spiro atoms. The zero-order valence-corrected chi connectivity index (χ0v) is 17.2. The van der Waals surface area contributed by atoms with E-state index in [9.17, 15) is 0 Å². The van der Waals surface area contributed by atoms with Crippen molar-refractivity contribution >= 4 is 35.6 Å². The molecule has 0 radical (unpaired) electrons. The Morgan fingerprint density at radius 1 is 1.16 bits per heavy atom. The Bertz CT molecular complexity index is 700. The lowest BCUT2D eigenvalue weighted by atomic mass is 10.1. The quantitative estimate of drug-likeness (QED) is 0.325. The maximum atomic E-state index is 5.19. The second kappa shape index (κ2) is 9.65. The highest BCUT2D eigenvalue weighted by atomic mass is 127. The fourth-order valence-corrected chi connectivity index (χ4v) is 3.14. The summed E-state index contributed by atoms with van der Waals surface area (Å²) in [5, 5.41) is 3.50. The summed E-state index contributed by atoms with van der Waals surface area (Å²) in [5.41, 5.74) is 4.01. The van der Waals surface area contributed by atoms with Crippen molar-refractivity contribution in [1.82, 2.24) is 5.32 Å². The van der Waals surface area contributed by atoms with Gasteiger partial charge in [-0.1, -0.05) is 30.3 Å². The summed E-state index contributed by atoms with van der Waals surface area (Å²) in [6.45, 7) is 1.91. The summed E-state index contributed by atoms with van der Waals surface area (Å²) in [7, 11) is 3.55. The van der Waals surface area contributed by atoms with Crippen LogP contribution < -0.4 is 15.0 Å². The van der Waals surface area contributed by atoms with E-state index in [1.165, 1.54) is 16.8 Å². The number of aryl methyl sites for hydroxylation is 1. The van der Waals surface area contributed by atoms with Gasteiger partial charge in [-0.2, -0.15) is 0 Å². The number of benzene rings is 2. The Morgan fingerprint density at radius 3 is 2.64 bits per heavy atom. The molecule has 0 bridgehead atoms. The van der Waals surface area contributed by atoms with Crippen molar-refractivity contribution in [3.63, 3.8) is 0 Å². The first kappa shape index (κ1) is 19.6. The molecule has 0 saturated heterocycles. The van der Waals surface area contributed by atoms with Gasteiger partial charge in [0, 0.05) is 25.8 Å². The first-order valence-electron chi connectivity index (χ1n) is 8.51. The molecule has 25 heavy (non-hydrogen) atoms. The Labute approximate surface area is 167 Å². The van der Waals surface area contributed by atoms with E-state index in [1.54, 1.807) is 7.11 Å². The van der Waals surface area contributed by atoms with Gasteiger partial charge < -0.3 is 15.0 Å². The van der Waals surface area contributed by atoms with E-state index in [-0.39, 0.29) is 24.0 Å². The molecule has 0 amide bonds. The third kappa shape index (κ3) is 4.87. The molecule has 0 fully saturated rings. The summed E-state index contributed by atoms with van der Waals surface area (Å²) < 4.78 is 5.19. The minimum absolute atomic E-state index is 0. The number of para-hydroxylation sites is 1. The van der Waals surface area contributed by atoms with Crippen LogP contribution in [0.25, 0.3) is 0 Å². The maximum absolute atomic E-state index is 5.19.